The summed E-state index contributed by atoms with van der Waals surface area (Å²) in [6.45, 7) is 5.98. The van der Waals surface area contributed by atoms with E-state index in [4.69, 9.17) is 4.98 Å². The lowest BCUT2D eigenvalue weighted by Crippen LogP contribution is -2.15. The Balaban J connectivity index is 2.18. The van der Waals surface area contributed by atoms with Gasteiger partial charge in [0, 0.05) is 36.3 Å². The Hall–Kier alpha value is -2.20. The van der Waals surface area contributed by atoms with Crippen LogP contribution in [0.2, 0.25) is 0 Å². The van der Waals surface area contributed by atoms with Gasteiger partial charge in [0.25, 0.3) is 0 Å². The average molecular weight is 280 g/mol. The van der Waals surface area contributed by atoms with E-state index in [9.17, 15) is 0 Å². The van der Waals surface area contributed by atoms with Gasteiger partial charge in [-0.1, -0.05) is 32.0 Å². The van der Waals surface area contributed by atoms with Crippen LogP contribution in [0.5, 0.6) is 0 Å². The third-order valence-electron chi connectivity index (χ3n) is 3.61. The van der Waals surface area contributed by atoms with Crippen molar-refractivity contribution < 1.29 is 0 Å². The van der Waals surface area contributed by atoms with Gasteiger partial charge in [0.1, 0.15) is 11.6 Å². The molecule has 0 fully saturated rings. The third-order valence-corrected chi connectivity index (χ3v) is 3.61. The molecule has 0 unspecified atom stereocenters. The van der Waals surface area contributed by atoms with Crippen molar-refractivity contribution in [3.8, 4) is 5.82 Å². The number of aromatic nitrogens is 3. The van der Waals surface area contributed by atoms with Crippen LogP contribution < -0.4 is 5.32 Å². The van der Waals surface area contributed by atoms with Crippen LogP contribution in [-0.4, -0.2) is 21.1 Å². The summed E-state index contributed by atoms with van der Waals surface area (Å²) in [7, 11) is 0. The van der Waals surface area contributed by atoms with E-state index in [2.05, 4.69) is 53.0 Å². The van der Waals surface area contributed by atoms with Gasteiger partial charge in [0.15, 0.2) is 0 Å². The van der Waals surface area contributed by atoms with Gasteiger partial charge in [0.2, 0.25) is 0 Å². The summed E-state index contributed by atoms with van der Waals surface area (Å²) < 4.78 is 2.10. The molecule has 21 heavy (non-hydrogen) atoms. The number of benzene rings is 1. The molecule has 0 aliphatic carbocycles. The highest BCUT2D eigenvalue weighted by Crippen LogP contribution is 2.21. The maximum atomic E-state index is 4.86. The molecule has 0 spiro atoms. The normalized spacial score (nSPS) is 11.1. The number of hydrogen-bond acceptors (Lipinski definition) is 3. The minimum Gasteiger partial charge on any atom is -0.313 e. The van der Waals surface area contributed by atoms with E-state index >= 15 is 0 Å². The first-order chi connectivity index (χ1) is 10.3. The van der Waals surface area contributed by atoms with E-state index < -0.39 is 0 Å². The zero-order valence-electron chi connectivity index (χ0n) is 12.5. The highest BCUT2D eigenvalue weighted by Gasteiger charge is 2.11. The summed E-state index contributed by atoms with van der Waals surface area (Å²) in [6, 6.07) is 10.5. The molecule has 1 N–H and O–H groups in total. The second-order valence-corrected chi connectivity index (χ2v) is 5.01. The molecule has 1 aromatic carbocycles. The Morgan fingerprint density at radius 2 is 2.05 bits per heavy atom. The molecule has 0 bridgehead atoms. The predicted octanol–water partition coefficient (Wildman–Crippen LogP) is 3.09. The van der Waals surface area contributed by atoms with Crippen LogP contribution in [0.4, 0.5) is 0 Å². The number of hydrogen-bond donors (Lipinski definition) is 1. The van der Waals surface area contributed by atoms with Crippen molar-refractivity contribution in [2.45, 2.75) is 26.8 Å². The summed E-state index contributed by atoms with van der Waals surface area (Å²) in [5.74, 6) is 2.01. The van der Waals surface area contributed by atoms with Crippen molar-refractivity contribution in [3.05, 3.63) is 54.1 Å². The number of rotatable bonds is 5. The summed E-state index contributed by atoms with van der Waals surface area (Å²) in [5.41, 5.74) is 2.21. The first-order valence-electron chi connectivity index (χ1n) is 7.45. The smallest absolute Gasteiger partial charge is 0.143 e. The molecule has 2 heterocycles. The molecule has 0 amide bonds. The van der Waals surface area contributed by atoms with Crippen LogP contribution in [0.1, 0.15) is 25.2 Å². The molecule has 0 aliphatic heterocycles. The Bertz CT molecular complexity index is 745. The van der Waals surface area contributed by atoms with Gasteiger partial charge in [-0.3, -0.25) is 4.57 Å². The summed E-state index contributed by atoms with van der Waals surface area (Å²) in [4.78, 5) is 9.28. The van der Waals surface area contributed by atoms with E-state index in [0.29, 0.717) is 0 Å². The lowest BCUT2D eigenvalue weighted by atomic mass is 10.1. The molecule has 3 rings (SSSR count). The number of imidazole rings is 1. The molecule has 0 aliphatic rings. The second-order valence-electron chi connectivity index (χ2n) is 5.01. The van der Waals surface area contributed by atoms with Crippen molar-refractivity contribution in [2.75, 3.05) is 6.54 Å². The van der Waals surface area contributed by atoms with E-state index in [1.807, 2.05) is 18.5 Å². The van der Waals surface area contributed by atoms with Crippen LogP contribution in [0.15, 0.2) is 42.7 Å². The summed E-state index contributed by atoms with van der Waals surface area (Å²) in [5, 5.41) is 4.57. The molecule has 4 nitrogen and oxygen atoms in total. The fourth-order valence-corrected chi connectivity index (χ4v) is 2.54. The maximum Gasteiger partial charge on any atom is 0.143 e. The molecule has 0 atom stereocenters. The van der Waals surface area contributed by atoms with Crippen molar-refractivity contribution in [3.63, 3.8) is 0 Å². The predicted molar refractivity (Wildman–Crippen MR) is 85.6 cm³/mol. The number of para-hydroxylation sites is 1. The van der Waals surface area contributed by atoms with E-state index in [-0.39, 0.29) is 0 Å². The van der Waals surface area contributed by atoms with Gasteiger partial charge in [0.05, 0.1) is 5.52 Å². The molecule has 4 heteroatoms. The zero-order chi connectivity index (χ0) is 14.7. The maximum absolute atomic E-state index is 4.86. The SMILES string of the molecule is CCNCc1cc2ccccc2nc1-n1ccnc1CC. The van der Waals surface area contributed by atoms with Gasteiger partial charge in [-0.05, 0) is 18.7 Å². The van der Waals surface area contributed by atoms with Crippen molar-refractivity contribution in [1.82, 2.24) is 19.9 Å². The van der Waals surface area contributed by atoms with E-state index in [0.717, 1.165) is 36.7 Å². The molecule has 0 radical (unpaired) electrons. The first-order valence-corrected chi connectivity index (χ1v) is 7.45. The van der Waals surface area contributed by atoms with E-state index in [1.54, 1.807) is 0 Å². The summed E-state index contributed by atoms with van der Waals surface area (Å²) >= 11 is 0. The van der Waals surface area contributed by atoms with Crippen LogP contribution in [0.3, 0.4) is 0 Å². The highest BCUT2D eigenvalue weighted by molar-refractivity contribution is 5.80. The van der Waals surface area contributed by atoms with Gasteiger partial charge in [-0.15, -0.1) is 0 Å². The van der Waals surface area contributed by atoms with E-state index in [1.165, 1.54) is 10.9 Å². The minimum atomic E-state index is 0.811. The molecule has 0 saturated heterocycles. The Labute approximate surface area is 124 Å². The molecular weight excluding hydrogens is 260 g/mol. The second kappa shape index (κ2) is 6.06. The van der Waals surface area contributed by atoms with Crippen LogP contribution in [0, 0.1) is 0 Å². The van der Waals surface area contributed by atoms with Crippen molar-refractivity contribution >= 4 is 10.9 Å². The topological polar surface area (TPSA) is 42.7 Å². The molecular formula is C17H20N4. The fraction of sp³-hybridized carbons (Fsp3) is 0.294. The minimum absolute atomic E-state index is 0.811. The lowest BCUT2D eigenvalue weighted by Gasteiger charge is -2.13. The molecule has 3 aromatic rings. The van der Waals surface area contributed by atoms with Crippen LogP contribution in [-0.2, 0) is 13.0 Å². The summed E-state index contributed by atoms with van der Waals surface area (Å²) in [6.07, 6.45) is 4.72. The number of nitrogens with zero attached hydrogens (tertiary/aromatic N) is 3. The Kier molecular flexibility index (Phi) is 3.97. The van der Waals surface area contributed by atoms with Gasteiger partial charge < -0.3 is 5.32 Å². The van der Waals surface area contributed by atoms with Gasteiger partial charge in [-0.25, -0.2) is 9.97 Å². The van der Waals surface area contributed by atoms with Crippen molar-refractivity contribution in [1.29, 1.82) is 0 Å². The lowest BCUT2D eigenvalue weighted by molar-refractivity contribution is 0.716. The number of pyridine rings is 1. The van der Waals surface area contributed by atoms with Gasteiger partial charge >= 0.3 is 0 Å². The van der Waals surface area contributed by atoms with Crippen LogP contribution >= 0.6 is 0 Å². The average Bonchev–Trinajstić information content (AvgIpc) is 3.00. The molecule has 0 saturated carbocycles. The molecule has 108 valence electrons. The molecule has 2 aromatic heterocycles. The zero-order valence-corrected chi connectivity index (χ0v) is 12.5. The largest absolute Gasteiger partial charge is 0.313 e. The fourth-order valence-electron chi connectivity index (χ4n) is 2.54. The van der Waals surface area contributed by atoms with Crippen molar-refractivity contribution in [2.24, 2.45) is 0 Å². The first kappa shape index (κ1) is 13.8. The highest BCUT2D eigenvalue weighted by atomic mass is 15.1. The number of nitrogens with one attached hydrogen (secondary N) is 1. The van der Waals surface area contributed by atoms with Gasteiger partial charge in [-0.2, -0.15) is 0 Å². The Morgan fingerprint density at radius 3 is 2.86 bits per heavy atom. The number of aryl methyl sites for hydroxylation is 1. The quantitative estimate of drug-likeness (QED) is 0.781. The standard InChI is InChI=1S/C17H20N4/c1-3-16-19-9-10-21(16)17-14(12-18-4-2)11-13-7-5-6-8-15(13)20-17/h5-11,18H,3-4,12H2,1-2H3. The third kappa shape index (κ3) is 2.67. The number of fused-ring (bicyclic) bond motifs is 1. The monoisotopic (exact) mass is 280 g/mol. The van der Waals surface area contributed by atoms with Crippen LogP contribution in [0.25, 0.3) is 16.7 Å². The Morgan fingerprint density at radius 1 is 1.19 bits per heavy atom.